The fourth-order valence-corrected chi connectivity index (χ4v) is 4.30. The fourth-order valence-electron chi connectivity index (χ4n) is 3.41. The van der Waals surface area contributed by atoms with Crippen LogP contribution in [0.4, 0.5) is 10.1 Å². The Morgan fingerprint density at radius 1 is 1.24 bits per heavy atom. The first-order valence-corrected chi connectivity index (χ1v) is 11.2. The molecular weight excluding hydrogens is 443 g/mol. The zero-order valence-electron chi connectivity index (χ0n) is 18.8. The van der Waals surface area contributed by atoms with Crippen LogP contribution in [-0.2, 0) is 9.59 Å². The standard InChI is InChI=1S/C24H25FN4O3S/c1-14-20(22(31)28-17-9-6-5-8-16(17)25)21(18-10-7-11-32-18)15(12-26)23(27-14)33-13-19(30)29-24(2,3)4/h5-11,21,27H,13H2,1-4H3,(H,28,31)(H,29,30)/t21-/m1/s1. The molecule has 1 aliphatic heterocycles. The van der Waals surface area contributed by atoms with Gasteiger partial charge in [-0.05, 0) is 52.0 Å². The number of amides is 2. The molecule has 2 amide bonds. The van der Waals surface area contributed by atoms with E-state index in [0.29, 0.717) is 16.5 Å². The highest BCUT2D eigenvalue weighted by Crippen LogP contribution is 2.41. The summed E-state index contributed by atoms with van der Waals surface area (Å²) in [5.74, 6) is -1.65. The molecule has 1 atom stereocenters. The van der Waals surface area contributed by atoms with Crippen molar-refractivity contribution < 1.29 is 18.4 Å². The molecule has 1 aliphatic rings. The second-order valence-corrected chi connectivity index (χ2v) is 9.47. The number of nitrogens with zero attached hydrogens (tertiary/aromatic N) is 1. The summed E-state index contributed by atoms with van der Waals surface area (Å²) in [4.78, 5) is 25.5. The summed E-state index contributed by atoms with van der Waals surface area (Å²) >= 11 is 1.17. The molecule has 1 aromatic carbocycles. The SMILES string of the molecule is CC1=C(C(=O)Nc2ccccc2F)[C@@H](c2ccco2)C(C#N)=C(SCC(=O)NC(C)(C)C)N1. The van der Waals surface area contributed by atoms with Crippen LogP contribution in [0, 0.1) is 17.1 Å². The molecule has 7 nitrogen and oxygen atoms in total. The molecule has 0 aliphatic carbocycles. The van der Waals surface area contributed by atoms with E-state index < -0.39 is 17.6 Å². The van der Waals surface area contributed by atoms with Crippen molar-refractivity contribution in [3.8, 4) is 6.07 Å². The molecule has 33 heavy (non-hydrogen) atoms. The van der Waals surface area contributed by atoms with E-state index in [2.05, 4.69) is 22.0 Å². The summed E-state index contributed by atoms with van der Waals surface area (Å²) in [6.45, 7) is 7.34. The monoisotopic (exact) mass is 468 g/mol. The van der Waals surface area contributed by atoms with Crippen LogP contribution in [0.15, 0.2) is 69.0 Å². The third-order valence-corrected chi connectivity index (χ3v) is 5.72. The number of allylic oxidation sites excluding steroid dienone is 2. The Morgan fingerprint density at radius 2 is 1.97 bits per heavy atom. The van der Waals surface area contributed by atoms with Crippen LogP contribution in [0.5, 0.6) is 0 Å². The zero-order valence-corrected chi connectivity index (χ0v) is 19.6. The minimum Gasteiger partial charge on any atom is -0.468 e. The van der Waals surface area contributed by atoms with Crippen LogP contribution in [0.25, 0.3) is 0 Å². The average Bonchev–Trinajstić information content (AvgIpc) is 3.26. The van der Waals surface area contributed by atoms with Gasteiger partial charge in [-0.15, -0.1) is 0 Å². The van der Waals surface area contributed by atoms with Gasteiger partial charge in [0.05, 0.1) is 45.9 Å². The summed E-state index contributed by atoms with van der Waals surface area (Å²) in [6.07, 6.45) is 1.46. The Hall–Kier alpha value is -3.51. The topological polar surface area (TPSA) is 107 Å². The number of dihydropyridines is 1. The van der Waals surface area contributed by atoms with E-state index in [0.717, 1.165) is 0 Å². The minimum absolute atomic E-state index is 0.0301. The fraction of sp³-hybridized carbons (Fsp3) is 0.292. The largest absolute Gasteiger partial charge is 0.468 e. The van der Waals surface area contributed by atoms with Crippen molar-refractivity contribution in [3.63, 3.8) is 0 Å². The summed E-state index contributed by atoms with van der Waals surface area (Å²) < 4.78 is 19.7. The van der Waals surface area contributed by atoms with E-state index >= 15 is 0 Å². The summed E-state index contributed by atoms with van der Waals surface area (Å²) in [5, 5.41) is 19.0. The third-order valence-electron chi connectivity index (χ3n) is 4.70. The first-order chi connectivity index (χ1) is 15.6. The van der Waals surface area contributed by atoms with E-state index in [1.54, 1.807) is 25.1 Å². The molecule has 0 spiro atoms. The van der Waals surface area contributed by atoms with E-state index in [4.69, 9.17) is 4.42 Å². The molecule has 172 valence electrons. The zero-order chi connectivity index (χ0) is 24.2. The van der Waals surface area contributed by atoms with Crippen molar-refractivity contribution >= 4 is 29.3 Å². The maximum Gasteiger partial charge on any atom is 0.254 e. The highest BCUT2D eigenvalue weighted by Gasteiger charge is 2.36. The third kappa shape index (κ3) is 5.84. The number of carbonyl (C=O) groups excluding carboxylic acids is 2. The predicted octanol–water partition coefficient (Wildman–Crippen LogP) is 4.40. The van der Waals surface area contributed by atoms with Crippen LogP contribution in [0.2, 0.25) is 0 Å². The molecule has 1 aromatic heterocycles. The van der Waals surface area contributed by atoms with Gasteiger partial charge in [0, 0.05) is 11.2 Å². The smallest absolute Gasteiger partial charge is 0.254 e. The van der Waals surface area contributed by atoms with Gasteiger partial charge < -0.3 is 20.4 Å². The van der Waals surface area contributed by atoms with Crippen molar-refractivity contribution in [2.75, 3.05) is 11.1 Å². The number of nitrogens with one attached hydrogen (secondary N) is 3. The lowest BCUT2D eigenvalue weighted by atomic mass is 9.85. The Kier molecular flexibility index (Phi) is 7.29. The van der Waals surface area contributed by atoms with Gasteiger partial charge in [0.2, 0.25) is 5.91 Å². The Balaban J connectivity index is 1.93. The molecule has 0 saturated carbocycles. The van der Waals surface area contributed by atoms with Crippen molar-refractivity contribution in [2.24, 2.45) is 0 Å². The van der Waals surface area contributed by atoms with Crippen molar-refractivity contribution in [3.05, 3.63) is 76.1 Å². The number of furan rings is 1. The van der Waals surface area contributed by atoms with Crippen LogP contribution in [0.3, 0.4) is 0 Å². The van der Waals surface area contributed by atoms with Crippen LogP contribution in [-0.4, -0.2) is 23.1 Å². The minimum atomic E-state index is -0.814. The number of benzene rings is 1. The van der Waals surface area contributed by atoms with E-state index in [9.17, 15) is 19.2 Å². The molecule has 2 heterocycles. The van der Waals surface area contributed by atoms with Crippen molar-refractivity contribution in [2.45, 2.75) is 39.2 Å². The van der Waals surface area contributed by atoms with Gasteiger partial charge in [-0.3, -0.25) is 9.59 Å². The van der Waals surface area contributed by atoms with Crippen LogP contribution >= 0.6 is 11.8 Å². The highest BCUT2D eigenvalue weighted by molar-refractivity contribution is 8.03. The van der Waals surface area contributed by atoms with E-state index in [-0.39, 0.29) is 34.0 Å². The Morgan fingerprint density at radius 3 is 2.58 bits per heavy atom. The number of carbonyl (C=O) groups is 2. The molecule has 3 N–H and O–H groups in total. The number of hydrogen-bond donors (Lipinski definition) is 3. The maximum atomic E-state index is 14.1. The van der Waals surface area contributed by atoms with Crippen LogP contribution < -0.4 is 16.0 Å². The van der Waals surface area contributed by atoms with Gasteiger partial charge in [-0.25, -0.2) is 4.39 Å². The number of nitriles is 1. The lowest BCUT2D eigenvalue weighted by Crippen LogP contribution is -2.41. The maximum absolute atomic E-state index is 14.1. The van der Waals surface area contributed by atoms with Crippen molar-refractivity contribution in [1.82, 2.24) is 10.6 Å². The molecule has 0 saturated heterocycles. The number of para-hydroxylation sites is 1. The summed E-state index contributed by atoms with van der Waals surface area (Å²) in [6, 6.07) is 11.3. The molecule has 0 fully saturated rings. The quantitative estimate of drug-likeness (QED) is 0.580. The number of halogens is 1. The van der Waals surface area contributed by atoms with Crippen molar-refractivity contribution in [1.29, 1.82) is 5.26 Å². The first kappa shape index (κ1) is 24.1. The van der Waals surface area contributed by atoms with Gasteiger partial charge in [-0.2, -0.15) is 5.26 Å². The second kappa shape index (κ2) is 9.96. The van der Waals surface area contributed by atoms with Gasteiger partial charge in [0.1, 0.15) is 11.6 Å². The molecule has 2 aromatic rings. The summed E-state index contributed by atoms with van der Waals surface area (Å²) in [5.41, 5.74) is 0.593. The van der Waals surface area contributed by atoms with Gasteiger partial charge in [0.15, 0.2) is 0 Å². The van der Waals surface area contributed by atoms with Gasteiger partial charge >= 0.3 is 0 Å². The number of thioether (sulfide) groups is 1. The molecular formula is C24H25FN4O3S. The number of anilines is 1. The molecule has 3 rings (SSSR count). The second-order valence-electron chi connectivity index (χ2n) is 8.49. The number of rotatable bonds is 6. The number of hydrogen-bond acceptors (Lipinski definition) is 6. The Bertz CT molecular complexity index is 1160. The highest BCUT2D eigenvalue weighted by atomic mass is 32.2. The lowest BCUT2D eigenvalue weighted by molar-refractivity contribution is -0.120. The van der Waals surface area contributed by atoms with Gasteiger partial charge in [-0.1, -0.05) is 23.9 Å². The summed E-state index contributed by atoms with van der Waals surface area (Å²) in [7, 11) is 0. The van der Waals surface area contributed by atoms with Crippen LogP contribution in [0.1, 0.15) is 39.4 Å². The molecule has 9 heteroatoms. The lowest BCUT2D eigenvalue weighted by Gasteiger charge is -2.28. The van der Waals surface area contributed by atoms with E-state index in [1.807, 2.05) is 20.8 Å². The Labute approximate surface area is 196 Å². The molecule has 0 radical (unpaired) electrons. The molecule has 0 bridgehead atoms. The van der Waals surface area contributed by atoms with Gasteiger partial charge in [0.25, 0.3) is 5.91 Å². The molecule has 0 unspecified atom stereocenters. The normalized spacial score (nSPS) is 16.2. The van der Waals surface area contributed by atoms with E-state index in [1.165, 1.54) is 36.2 Å². The predicted molar refractivity (Wildman–Crippen MR) is 125 cm³/mol. The average molecular weight is 469 g/mol. The first-order valence-electron chi connectivity index (χ1n) is 10.3.